The van der Waals surface area contributed by atoms with E-state index in [0.29, 0.717) is 34.8 Å². The highest BCUT2D eigenvalue weighted by Gasteiger charge is 2.42. The number of amides is 1. The number of ketones is 1. The third-order valence-corrected chi connectivity index (χ3v) is 6.06. The van der Waals surface area contributed by atoms with Gasteiger partial charge in [-0.15, -0.1) is 0 Å². The maximum atomic E-state index is 14.1. The summed E-state index contributed by atoms with van der Waals surface area (Å²) in [4.78, 5) is 29.1. The lowest BCUT2D eigenvalue weighted by molar-refractivity contribution is -0.117. The number of ether oxygens (including phenoxy) is 1. The summed E-state index contributed by atoms with van der Waals surface area (Å²) < 4.78 is 11.3. The van der Waals surface area contributed by atoms with Crippen molar-refractivity contribution >= 4 is 23.1 Å². The number of allylic oxidation sites excluding steroid dienone is 1. The first-order valence-electron chi connectivity index (χ1n) is 10.7. The Morgan fingerprint density at radius 2 is 1.84 bits per heavy atom. The number of para-hydroxylation sites is 3. The summed E-state index contributed by atoms with van der Waals surface area (Å²) in [5.74, 6) is 0.997. The van der Waals surface area contributed by atoms with E-state index in [-0.39, 0.29) is 17.6 Å². The molecular weight excluding hydrogens is 404 g/mol. The molecule has 5 rings (SSSR count). The van der Waals surface area contributed by atoms with E-state index in [2.05, 4.69) is 12.2 Å². The molecule has 0 radical (unpaired) electrons. The van der Waals surface area contributed by atoms with Crippen LogP contribution >= 0.6 is 0 Å². The van der Waals surface area contributed by atoms with E-state index in [9.17, 15) is 9.59 Å². The number of furan rings is 1. The van der Waals surface area contributed by atoms with Gasteiger partial charge in [-0.1, -0.05) is 31.2 Å². The summed E-state index contributed by atoms with van der Waals surface area (Å²) in [6, 6.07) is 17.6. The predicted octanol–water partition coefficient (Wildman–Crippen LogP) is 5.35. The van der Waals surface area contributed by atoms with Gasteiger partial charge in [0.05, 0.1) is 30.3 Å². The molecule has 0 spiro atoms. The van der Waals surface area contributed by atoms with Gasteiger partial charge in [-0.25, -0.2) is 0 Å². The first-order chi connectivity index (χ1) is 15.6. The number of anilines is 2. The summed E-state index contributed by atoms with van der Waals surface area (Å²) in [5, 5.41) is 3.47. The number of Topliss-reactive ketones (excluding diaryl/α,β-unsaturated/α-hetero) is 1. The van der Waals surface area contributed by atoms with Crippen molar-refractivity contribution in [2.75, 3.05) is 17.3 Å². The van der Waals surface area contributed by atoms with E-state index in [1.54, 1.807) is 42.5 Å². The predicted molar refractivity (Wildman–Crippen MR) is 122 cm³/mol. The minimum atomic E-state index is -0.687. The molecule has 2 aliphatic rings. The molecule has 0 saturated heterocycles. The number of methoxy groups -OCH3 is 1. The van der Waals surface area contributed by atoms with Gasteiger partial charge in [0, 0.05) is 17.7 Å². The van der Waals surface area contributed by atoms with Crippen molar-refractivity contribution < 1.29 is 18.7 Å². The first kappa shape index (κ1) is 20.1. The van der Waals surface area contributed by atoms with Crippen molar-refractivity contribution in [1.29, 1.82) is 0 Å². The fourth-order valence-electron chi connectivity index (χ4n) is 4.68. The highest BCUT2D eigenvalue weighted by atomic mass is 16.5. The van der Waals surface area contributed by atoms with Crippen molar-refractivity contribution in [3.63, 3.8) is 0 Å². The molecule has 6 nitrogen and oxygen atoms in total. The van der Waals surface area contributed by atoms with Crippen LogP contribution in [0.25, 0.3) is 0 Å². The van der Waals surface area contributed by atoms with Crippen LogP contribution in [0.2, 0.25) is 0 Å². The highest BCUT2D eigenvalue weighted by molar-refractivity contribution is 6.13. The van der Waals surface area contributed by atoms with E-state index < -0.39 is 6.04 Å². The van der Waals surface area contributed by atoms with E-state index >= 15 is 0 Å². The molecule has 0 fully saturated rings. The van der Waals surface area contributed by atoms with Gasteiger partial charge >= 0.3 is 0 Å². The fourth-order valence-corrected chi connectivity index (χ4v) is 4.68. The maximum absolute atomic E-state index is 14.1. The van der Waals surface area contributed by atoms with Crippen LogP contribution in [0, 0.1) is 5.92 Å². The van der Waals surface area contributed by atoms with Crippen molar-refractivity contribution in [2.24, 2.45) is 5.92 Å². The van der Waals surface area contributed by atoms with Gasteiger partial charge in [-0.05, 0) is 48.7 Å². The van der Waals surface area contributed by atoms with Gasteiger partial charge in [0.15, 0.2) is 5.78 Å². The Balaban J connectivity index is 1.78. The average molecular weight is 428 g/mol. The standard InChI is InChI=1S/C26H24N2O4/c1-16-14-19-24(21(29)15-16)25(23-12-7-13-32-23)28(20-10-5-4-9-18(20)27-19)26(30)17-8-3-6-11-22(17)31-2/h3-13,16,25,27H,14-15H2,1-2H3/t16-,25-/m1/s1. The molecule has 2 aromatic carbocycles. The number of carbonyl (C=O) groups is 2. The topological polar surface area (TPSA) is 71.8 Å². The van der Waals surface area contributed by atoms with Crippen LogP contribution in [0.4, 0.5) is 11.4 Å². The fraction of sp³-hybridized carbons (Fsp3) is 0.231. The van der Waals surface area contributed by atoms with E-state index in [0.717, 1.165) is 17.8 Å². The number of rotatable bonds is 3. The largest absolute Gasteiger partial charge is 0.496 e. The first-order valence-corrected chi connectivity index (χ1v) is 10.7. The Kier molecular flexibility index (Phi) is 5.05. The monoisotopic (exact) mass is 428 g/mol. The molecule has 0 bridgehead atoms. The summed E-state index contributed by atoms with van der Waals surface area (Å²) in [5.41, 5.74) is 3.30. The molecule has 2 heterocycles. The van der Waals surface area contributed by atoms with Crippen molar-refractivity contribution in [3.8, 4) is 5.75 Å². The number of hydrogen-bond donors (Lipinski definition) is 1. The van der Waals surface area contributed by atoms with Gasteiger partial charge in [0.25, 0.3) is 5.91 Å². The van der Waals surface area contributed by atoms with E-state index in [1.807, 2.05) is 36.4 Å². The van der Waals surface area contributed by atoms with Crippen LogP contribution in [-0.2, 0) is 4.79 Å². The second kappa shape index (κ2) is 8.04. The molecule has 1 aliphatic carbocycles. The lowest BCUT2D eigenvalue weighted by Crippen LogP contribution is -2.38. The molecule has 6 heteroatoms. The molecule has 2 atom stereocenters. The van der Waals surface area contributed by atoms with Crippen molar-refractivity contribution in [1.82, 2.24) is 0 Å². The third kappa shape index (κ3) is 3.28. The number of carbonyl (C=O) groups excluding carboxylic acids is 2. The quantitative estimate of drug-likeness (QED) is 0.608. The van der Waals surface area contributed by atoms with Gasteiger partial charge in [0.1, 0.15) is 17.6 Å². The third-order valence-electron chi connectivity index (χ3n) is 6.06. The molecule has 162 valence electrons. The van der Waals surface area contributed by atoms with Crippen LogP contribution in [0.15, 0.2) is 82.6 Å². The summed E-state index contributed by atoms with van der Waals surface area (Å²) in [6.45, 7) is 2.07. The number of benzene rings is 2. The molecular formula is C26H24N2O4. The molecule has 32 heavy (non-hydrogen) atoms. The second-order valence-corrected chi connectivity index (χ2v) is 8.26. The van der Waals surface area contributed by atoms with E-state index in [4.69, 9.17) is 9.15 Å². The number of nitrogens with one attached hydrogen (secondary N) is 1. The van der Waals surface area contributed by atoms with Crippen LogP contribution in [0.5, 0.6) is 5.75 Å². The SMILES string of the molecule is COc1ccccc1C(=O)N1c2ccccc2NC2=C(C(=O)C[C@H](C)C2)[C@H]1c1ccco1. The van der Waals surface area contributed by atoms with Gasteiger partial charge in [-0.3, -0.25) is 14.5 Å². The molecule has 0 unspecified atom stereocenters. The van der Waals surface area contributed by atoms with Gasteiger partial charge in [-0.2, -0.15) is 0 Å². The molecule has 1 aromatic heterocycles. The van der Waals surface area contributed by atoms with Gasteiger partial charge < -0.3 is 14.5 Å². The lowest BCUT2D eigenvalue weighted by atomic mass is 9.83. The smallest absolute Gasteiger partial charge is 0.263 e. The number of hydrogen-bond acceptors (Lipinski definition) is 5. The lowest BCUT2D eigenvalue weighted by Gasteiger charge is -2.33. The van der Waals surface area contributed by atoms with Crippen molar-refractivity contribution in [3.05, 3.63) is 89.5 Å². The Morgan fingerprint density at radius 3 is 2.62 bits per heavy atom. The zero-order chi connectivity index (χ0) is 22.2. The van der Waals surface area contributed by atoms with Crippen LogP contribution in [-0.4, -0.2) is 18.8 Å². The van der Waals surface area contributed by atoms with E-state index in [1.165, 1.54) is 0 Å². The Morgan fingerprint density at radius 1 is 1.06 bits per heavy atom. The maximum Gasteiger partial charge on any atom is 0.263 e. The Labute approximate surface area is 186 Å². The second-order valence-electron chi connectivity index (χ2n) is 8.26. The zero-order valence-electron chi connectivity index (χ0n) is 18.0. The minimum Gasteiger partial charge on any atom is -0.496 e. The average Bonchev–Trinajstić information content (AvgIpc) is 3.28. The summed E-state index contributed by atoms with van der Waals surface area (Å²) >= 11 is 0. The normalized spacial score (nSPS) is 20.2. The summed E-state index contributed by atoms with van der Waals surface area (Å²) in [7, 11) is 1.54. The molecule has 0 saturated carbocycles. The Hall–Kier alpha value is -3.80. The zero-order valence-corrected chi connectivity index (χ0v) is 18.0. The molecule has 1 aliphatic heterocycles. The van der Waals surface area contributed by atoms with Crippen LogP contribution in [0.3, 0.4) is 0 Å². The Bertz CT molecular complexity index is 1210. The molecule has 1 N–H and O–H groups in total. The number of nitrogens with zero attached hydrogens (tertiary/aromatic N) is 1. The molecule has 1 amide bonds. The molecule has 3 aromatic rings. The number of fused-ring (bicyclic) bond motifs is 1. The van der Waals surface area contributed by atoms with Crippen LogP contribution < -0.4 is 15.0 Å². The highest BCUT2D eigenvalue weighted by Crippen LogP contribution is 2.46. The minimum absolute atomic E-state index is 0.0262. The summed E-state index contributed by atoms with van der Waals surface area (Å²) in [6.07, 6.45) is 2.73. The van der Waals surface area contributed by atoms with Crippen LogP contribution in [0.1, 0.15) is 41.9 Å². The van der Waals surface area contributed by atoms with Crippen molar-refractivity contribution in [2.45, 2.75) is 25.8 Å². The van der Waals surface area contributed by atoms with Gasteiger partial charge in [0.2, 0.25) is 0 Å².